The van der Waals surface area contributed by atoms with Gasteiger partial charge < -0.3 is 4.90 Å². The van der Waals surface area contributed by atoms with Crippen LogP contribution in [0.3, 0.4) is 0 Å². The van der Waals surface area contributed by atoms with Crippen molar-refractivity contribution in [3.05, 3.63) is 44.9 Å². The molecule has 3 nitrogen and oxygen atoms in total. The van der Waals surface area contributed by atoms with E-state index in [-0.39, 0.29) is 5.78 Å². The zero-order valence-corrected chi connectivity index (χ0v) is 13.6. The SMILES string of the molecule is CN(Cc1cccc(Br)c1)c1nc2c(s1)CCCC2=O. The lowest BCUT2D eigenvalue weighted by atomic mass is 10.0. The van der Waals surface area contributed by atoms with Crippen molar-refractivity contribution in [3.63, 3.8) is 0 Å². The van der Waals surface area contributed by atoms with E-state index in [1.165, 1.54) is 5.56 Å². The smallest absolute Gasteiger partial charge is 0.186 e. The molecular formula is C15H15BrN2OS. The summed E-state index contributed by atoms with van der Waals surface area (Å²) >= 11 is 5.14. The highest BCUT2D eigenvalue weighted by atomic mass is 79.9. The van der Waals surface area contributed by atoms with Gasteiger partial charge in [-0.1, -0.05) is 28.1 Å². The molecular weight excluding hydrogens is 336 g/mol. The molecule has 1 heterocycles. The summed E-state index contributed by atoms with van der Waals surface area (Å²) in [6.07, 6.45) is 2.60. The van der Waals surface area contributed by atoms with Crippen LogP contribution in [0.25, 0.3) is 0 Å². The number of hydrogen-bond donors (Lipinski definition) is 0. The van der Waals surface area contributed by atoms with Crippen molar-refractivity contribution in [2.45, 2.75) is 25.8 Å². The van der Waals surface area contributed by atoms with Gasteiger partial charge in [-0.05, 0) is 30.5 Å². The van der Waals surface area contributed by atoms with E-state index >= 15 is 0 Å². The third-order valence-electron chi connectivity index (χ3n) is 3.39. The average Bonchev–Trinajstić information content (AvgIpc) is 2.84. The van der Waals surface area contributed by atoms with E-state index in [9.17, 15) is 4.79 Å². The zero-order valence-electron chi connectivity index (χ0n) is 11.2. The maximum atomic E-state index is 11.8. The summed E-state index contributed by atoms with van der Waals surface area (Å²) in [7, 11) is 2.02. The molecule has 0 aliphatic heterocycles. The summed E-state index contributed by atoms with van der Waals surface area (Å²) in [4.78, 5) is 19.6. The van der Waals surface area contributed by atoms with Gasteiger partial charge in [-0.3, -0.25) is 4.79 Å². The van der Waals surface area contributed by atoms with Gasteiger partial charge in [0.25, 0.3) is 0 Å². The number of Topliss-reactive ketones (excluding diaryl/α,β-unsaturated/α-hetero) is 1. The zero-order chi connectivity index (χ0) is 14.1. The third-order valence-corrected chi connectivity index (χ3v) is 5.12. The van der Waals surface area contributed by atoms with E-state index < -0.39 is 0 Å². The molecule has 1 aromatic heterocycles. The molecule has 0 atom stereocenters. The second-order valence-electron chi connectivity index (χ2n) is 5.03. The molecule has 3 rings (SSSR count). The number of hydrogen-bond acceptors (Lipinski definition) is 4. The lowest BCUT2D eigenvalue weighted by molar-refractivity contribution is 0.0968. The number of nitrogens with zero attached hydrogens (tertiary/aromatic N) is 2. The molecule has 2 aromatic rings. The Morgan fingerprint density at radius 2 is 2.25 bits per heavy atom. The van der Waals surface area contributed by atoms with Gasteiger partial charge in [0.1, 0.15) is 5.69 Å². The van der Waals surface area contributed by atoms with Crippen LogP contribution in [0.5, 0.6) is 0 Å². The van der Waals surface area contributed by atoms with Crippen LogP contribution >= 0.6 is 27.3 Å². The van der Waals surface area contributed by atoms with Crippen LogP contribution in [0.1, 0.15) is 33.8 Å². The van der Waals surface area contributed by atoms with Crippen LogP contribution in [0.2, 0.25) is 0 Å². The number of thiazole rings is 1. The lowest BCUT2D eigenvalue weighted by Crippen LogP contribution is -2.16. The van der Waals surface area contributed by atoms with Crippen molar-refractivity contribution < 1.29 is 4.79 Å². The molecule has 1 aliphatic carbocycles. The minimum absolute atomic E-state index is 0.199. The number of carbonyl (C=O) groups excluding carboxylic acids is 1. The Bertz CT molecular complexity index is 653. The van der Waals surface area contributed by atoms with Crippen LogP contribution in [0.4, 0.5) is 5.13 Å². The van der Waals surface area contributed by atoms with Crippen LogP contribution in [0, 0.1) is 0 Å². The molecule has 0 saturated carbocycles. The number of benzene rings is 1. The van der Waals surface area contributed by atoms with E-state index in [0.717, 1.165) is 33.9 Å². The second-order valence-corrected chi connectivity index (χ2v) is 7.01. The van der Waals surface area contributed by atoms with Crippen molar-refractivity contribution in [1.29, 1.82) is 0 Å². The molecule has 0 saturated heterocycles. The number of halogens is 1. The first-order valence-corrected chi connectivity index (χ1v) is 8.23. The van der Waals surface area contributed by atoms with Gasteiger partial charge in [-0.15, -0.1) is 11.3 Å². The summed E-state index contributed by atoms with van der Waals surface area (Å²) in [5, 5.41) is 0.935. The minimum Gasteiger partial charge on any atom is -0.347 e. The van der Waals surface area contributed by atoms with Crippen molar-refractivity contribution >= 4 is 38.2 Å². The number of rotatable bonds is 3. The normalized spacial score (nSPS) is 14.2. The highest BCUT2D eigenvalue weighted by Crippen LogP contribution is 2.31. The van der Waals surface area contributed by atoms with Gasteiger partial charge in [0.05, 0.1) is 0 Å². The molecule has 1 aromatic carbocycles. The highest BCUT2D eigenvalue weighted by molar-refractivity contribution is 9.10. The Hall–Kier alpha value is -1.20. The minimum atomic E-state index is 0.199. The first-order valence-electron chi connectivity index (χ1n) is 6.62. The number of aryl methyl sites for hydroxylation is 1. The van der Waals surface area contributed by atoms with Gasteiger partial charge in [0.2, 0.25) is 0 Å². The number of fused-ring (bicyclic) bond motifs is 1. The Balaban J connectivity index is 1.81. The van der Waals surface area contributed by atoms with Crippen LogP contribution in [0.15, 0.2) is 28.7 Å². The molecule has 1 aliphatic rings. The van der Waals surface area contributed by atoms with Crippen molar-refractivity contribution in [2.75, 3.05) is 11.9 Å². The Morgan fingerprint density at radius 3 is 3.00 bits per heavy atom. The molecule has 0 radical (unpaired) electrons. The summed E-state index contributed by atoms with van der Waals surface area (Å²) in [6, 6.07) is 8.25. The maximum Gasteiger partial charge on any atom is 0.186 e. The van der Waals surface area contributed by atoms with Crippen molar-refractivity contribution in [2.24, 2.45) is 0 Å². The predicted molar refractivity (Wildman–Crippen MR) is 85.6 cm³/mol. The summed E-state index contributed by atoms with van der Waals surface area (Å²) < 4.78 is 1.08. The fourth-order valence-corrected chi connectivity index (χ4v) is 3.92. The first-order chi connectivity index (χ1) is 9.63. The number of ketones is 1. The summed E-state index contributed by atoms with van der Waals surface area (Å²) in [5.41, 5.74) is 1.93. The predicted octanol–water partition coefficient (Wildman–Crippen LogP) is 4.06. The molecule has 0 bridgehead atoms. The fourth-order valence-electron chi connectivity index (χ4n) is 2.39. The number of carbonyl (C=O) groups is 1. The van der Waals surface area contributed by atoms with Crippen LogP contribution in [-0.2, 0) is 13.0 Å². The van der Waals surface area contributed by atoms with E-state index in [4.69, 9.17) is 0 Å². The van der Waals surface area contributed by atoms with Crippen molar-refractivity contribution in [3.8, 4) is 0 Å². The molecule has 0 spiro atoms. The largest absolute Gasteiger partial charge is 0.347 e. The van der Waals surface area contributed by atoms with Crippen molar-refractivity contribution in [1.82, 2.24) is 4.98 Å². The monoisotopic (exact) mass is 350 g/mol. The molecule has 0 amide bonds. The van der Waals surface area contributed by atoms with Gasteiger partial charge in [-0.25, -0.2) is 4.98 Å². The van der Waals surface area contributed by atoms with Gasteiger partial charge >= 0.3 is 0 Å². The van der Waals surface area contributed by atoms with E-state index in [0.29, 0.717) is 12.1 Å². The summed E-state index contributed by atoms with van der Waals surface area (Å²) in [6.45, 7) is 0.792. The Labute approximate surface area is 130 Å². The summed E-state index contributed by atoms with van der Waals surface area (Å²) in [5.74, 6) is 0.199. The standard InChI is InChI=1S/C15H15BrN2OS/c1-18(9-10-4-2-5-11(16)8-10)15-17-14-12(19)6-3-7-13(14)20-15/h2,4-5,8H,3,6-7,9H2,1H3. The molecule has 0 N–H and O–H groups in total. The van der Waals surface area contributed by atoms with Gasteiger partial charge in [0, 0.05) is 29.4 Å². The van der Waals surface area contributed by atoms with E-state index in [2.05, 4.69) is 37.9 Å². The molecule has 0 unspecified atom stereocenters. The molecule has 0 fully saturated rings. The topological polar surface area (TPSA) is 33.2 Å². The Kier molecular flexibility index (Phi) is 3.89. The molecule has 104 valence electrons. The Morgan fingerprint density at radius 1 is 1.40 bits per heavy atom. The van der Waals surface area contributed by atoms with Gasteiger partial charge in [-0.2, -0.15) is 0 Å². The number of anilines is 1. The molecule has 5 heteroatoms. The first kappa shape index (κ1) is 13.8. The maximum absolute atomic E-state index is 11.8. The fraction of sp³-hybridized carbons (Fsp3) is 0.333. The number of aromatic nitrogens is 1. The van der Waals surface area contributed by atoms with Gasteiger partial charge in [0.15, 0.2) is 10.9 Å². The third kappa shape index (κ3) is 2.79. The highest BCUT2D eigenvalue weighted by Gasteiger charge is 2.23. The second kappa shape index (κ2) is 5.66. The quantitative estimate of drug-likeness (QED) is 0.836. The van der Waals surface area contributed by atoms with Crippen LogP contribution in [-0.4, -0.2) is 17.8 Å². The molecule has 20 heavy (non-hydrogen) atoms. The lowest BCUT2D eigenvalue weighted by Gasteiger charge is -2.15. The van der Waals surface area contributed by atoms with Crippen LogP contribution < -0.4 is 4.90 Å². The van der Waals surface area contributed by atoms with E-state index in [1.54, 1.807) is 11.3 Å². The average molecular weight is 351 g/mol. The van der Waals surface area contributed by atoms with E-state index in [1.807, 2.05) is 19.2 Å².